The van der Waals surface area contributed by atoms with Crippen molar-refractivity contribution in [3.8, 4) is 0 Å². The fourth-order valence-electron chi connectivity index (χ4n) is 4.80. The highest BCUT2D eigenvalue weighted by molar-refractivity contribution is 5.97. The lowest BCUT2D eigenvalue weighted by Gasteiger charge is -2.43. The molecular formula is C24H39F3N4O6. The lowest BCUT2D eigenvalue weighted by Crippen LogP contribution is -2.64. The Bertz CT molecular complexity index is 873. The van der Waals surface area contributed by atoms with Crippen LogP contribution in [0.1, 0.15) is 60.3 Å². The fraction of sp³-hybridized carbons (Fsp3) is 0.792. The number of aliphatic carboxylic acids is 1. The van der Waals surface area contributed by atoms with Crippen LogP contribution in [0, 0.1) is 11.8 Å². The summed E-state index contributed by atoms with van der Waals surface area (Å²) in [7, 11) is 2.14. The number of halogens is 3. The van der Waals surface area contributed by atoms with Gasteiger partial charge in [-0.1, -0.05) is 27.7 Å². The maximum atomic E-state index is 13.6. The van der Waals surface area contributed by atoms with E-state index >= 15 is 0 Å². The Morgan fingerprint density at radius 3 is 1.89 bits per heavy atom. The van der Waals surface area contributed by atoms with Gasteiger partial charge in [0.2, 0.25) is 17.7 Å². The van der Waals surface area contributed by atoms with Crippen LogP contribution in [-0.4, -0.2) is 100 Å². The molecule has 1 saturated heterocycles. The van der Waals surface area contributed by atoms with Gasteiger partial charge in [-0.25, -0.2) is 0 Å². The van der Waals surface area contributed by atoms with Gasteiger partial charge >= 0.3 is 18.1 Å². The van der Waals surface area contributed by atoms with Crippen LogP contribution in [0.2, 0.25) is 0 Å². The van der Waals surface area contributed by atoms with Crippen molar-refractivity contribution in [2.24, 2.45) is 11.8 Å². The molecule has 1 fully saturated rings. The molecule has 1 heterocycles. The highest BCUT2D eigenvalue weighted by Crippen LogP contribution is 2.31. The van der Waals surface area contributed by atoms with Crippen molar-refractivity contribution in [3.05, 3.63) is 0 Å². The fourth-order valence-corrected chi connectivity index (χ4v) is 4.80. The molecule has 4 amide bonds. The first kappa shape index (κ1) is 32.2. The third-order valence-electron chi connectivity index (χ3n) is 6.60. The largest absolute Gasteiger partial charge is 0.481 e. The van der Waals surface area contributed by atoms with Gasteiger partial charge in [0.1, 0.15) is 17.6 Å². The third-order valence-corrected chi connectivity index (χ3v) is 6.60. The Balaban J connectivity index is 3.31. The number of amides is 4. The van der Waals surface area contributed by atoms with E-state index in [0.29, 0.717) is 18.0 Å². The van der Waals surface area contributed by atoms with Crippen molar-refractivity contribution in [2.45, 2.75) is 84.1 Å². The molecule has 0 spiro atoms. The van der Waals surface area contributed by atoms with Gasteiger partial charge in [-0.3, -0.25) is 24.0 Å². The molecule has 0 aromatic rings. The topological polar surface area (TPSA) is 127 Å². The smallest absolute Gasteiger partial charge is 0.471 e. The maximum Gasteiger partial charge on any atom is 0.471 e. The molecule has 1 aliphatic heterocycles. The monoisotopic (exact) mass is 536 g/mol. The molecule has 0 bridgehead atoms. The van der Waals surface area contributed by atoms with Crippen molar-refractivity contribution < 1.29 is 42.3 Å². The van der Waals surface area contributed by atoms with Gasteiger partial charge in [-0.05, 0) is 38.0 Å². The van der Waals surface area contributed by atoms with Crippen molar-refractivity contribution >= 4 is 29.6 Å². The molecule has 0 aliphatic carbocycles. The summed E-state index contributed by atoms with van der Waals surface area (Å²) in [4.78, 5) is 66.1. The molecular weight excluding hydrogens is 497 g/mol. The summed E-state index contributed by atoms with van der Waals surface area (Å²) in [5.74, 6) is -6.61. The lowest BCUT2D eigenvalue weighted by atomic mass is 9.86. The number of alkyl halides is 3. The van der Waals surface area contributed by atoms with Crippen LogP contribution in [-0.2, 0) is 24.0 Å². The van der Waals surface area contributed by atoms with Crippen LogP contribution in [0.25, 0.3) is 0 Å². The molecule has 1 rings (SSSR count). The first-order valence-electron chi connectivity index (χ1n) is 12.3. The predicted octanol–water partition coefficient (Wildman–Crippen LogP) is 1.88. The number of carbonyl (C=O) groups is 5. The molecule has 0 aromatic heterocycles. The number of rotatable bonds is 11. The predicted molar refractivity (Wildman–Crippen MR) is 128 cm³/mol. The van der Waals surface area contributed by atoms with E-state index in [-0.39, 0.29) is 12.3 Å². The zero-order valence-corrected chi connectivity index (χ0v) is 22.5. The molecule has 2 N–H and O–H groups in total. The van der Waals surface area contributed by atoms with Crippen LogP contribution in [0.5, 0.6) is 0 Å². The quantitative estimate of drug-likeness (QED) is 0.415. The summed E-state index contributed by atoms with van der Waals surface area (Å²) in [6, 6.07) is -2.62. The number of likely N-dealkylation sites (N-methyl/N-ethyl adjacent to an activating group) is 2. The molecule has 212 valence electrons. The summed E-state index contributed by atoms with van der Waals surface area (Å²) in [6.45, 7) is 8.66. The standard InChI is InChI=1S/C24H39F3N4O6/c1-14(2)13-23(5,30(7)22(37)24(25,26)27)21(36)29(6)18(15(3)4)19(34)28-16(12-17(32)33)20(35)31-10-8-9-11-31/h14-16,18H,8-13H2,1-7H3,(H,28,34)(H,32,33)/t16-,18?,23-/m0/s1. The van der Waals surface area contributed by atoms with E-state index in [0.717, 1.165) is 24.8 Å². The molecule has 1 unspecified atom stereocenters. The van der Waals surface area contributed by atoms with Gasteiger partial charge in [0.15, 0.2) is 0 Å². The van der Waals surface area contributed by atoms with E-state index in [1.807, 2.05) is 0 Å². The second-order valence-corrected chi connectivity index (χ2v) is 10.5. The number of carboxylic acid groups (broad SMARTS) is 1. The second-order valence-electron chi connectivity index (χ2n) is 10.5. The van der Waals surface area contributed by atoms with Gasteiger partial charge in [-0.15, -0.1) is 0 Å². The van der Waals surface area contributed by atoms with Crippen LogP contribution in [0.15, 0.2) is 0 Å². The molecule has 0 saturated carbocycles. The molecule has 10 nitrogen and oxygen atoms in total. The van der Waals surface area contributed by atoms with Crippen LogP contribution < -0.4 is 5.32 Å². The Labute approximate surface area is 215 Å². The van der Waals surface area contributed by atoms with E-state index in [9.17, 15) is 42.3 Å². The Hall–Kier alpha value is -2.86. The molecule has 1 aliphatic rings. The molecule has 13 heteroatoms. The molecule has 0 radical (unpaired) electrons. The molecule has 37 heavy (non-hydrogen) atoms. The average Bonchev–Trinajstić information content (AvgIpc) is 3.29. The van der Waals surface area contributed by atoms with E-state index in [1.54, 1.807) is 27.7 Å². The lowest BCUT2D eigenvalue weighted by molar-refractivity contribution is -0.192. The highest BCUT2D eigenvalue weighted by Gasteiger charge is 2.51. The maximum absolute atomic E-state index is 13.6. The van der Waals surface area contributed by atoms with Gasteiger partial charge in [0.05, 0.1) is 6.42 Å². The summed E-state index contributed by atoms with van der Waals surface area (Å²) in [5, 5.41) is 11.7. The average molecular weight is 537 g/mol. The number of likely N-dealkylation sites (tertiary alicyclic amines) is 1. The number of carboxylic acids is 1. The van der Waals surface area contributed by atoms with Crippen LogP contribution >= 0.6 is 0 Å². The minimum absolute atomic E-state index is 0.115. The van der Waals surface area contributed by atoms with Gasteiger partial charge in [0, 0.05) is 27.2 Å². The second kappa shape index (κ2) is 12.6. The van der Waals surface area contributed by atoms with Gasteiger partial charge in [0.25, 0.3) is 0 Å². The number of hydrogen-bond acceptors (Lipinski definition) is 5. The zero-order chi connectivity index (χ0) is 28.9. The normalized spacial score (nSPS) is 17.2. The summed E-state index contributed by atoms with van der Waals surface area (Å²) >= 11 is 0. The zero-order valence-electron chi connectivity index (χ0n) is 22.5. The summed E-state index contributed by atoms with van der Waals surface area (Å²) in [5.41, 5.74) is -1.94. The Kier molecular flexibility index (Phi) is 10.9. The third kappa shape index (κ3) is 8.06. The van der Waals surface area contributed by atoms with Crippen molar-refractivity contribution in [2.75, 3.05) is 27.2 Å². The number of nitrogens with one attached hydrogen (secondary N) is 1. The molecule has 0 aromatic carbocycles. The van der Waals surface area contributed by atoms with Crippen molar-refractivity contribution in [3.63, 3.8) is 0 Å². The first-order chi connectivity index (χ1) is 16.8. The van der Waals surface area contributed by atoms with Gasteiger partial charge in [-0.2, -0.15) is 13.2 Å². The first-order valence-corrected chi connectivity index (χ1v) is 12.3. The number of nitrogens with zero attached hydrogens (tertiary/aromatic N) is 3. The van der Waals surface area contributed by atoms with E-state index in [2.05, 4.69) is 5.32 Å². The molecule has 3 atom stereocenters. The van der Waals surface area contributed by atoms with Gasteiger partial charge < -0.3 is 25.1 Å². The minimum Gasteiger partial charge on any atom is -0.481 e. The number of carbonyl (C=O) groups excluding carboxylic acids is 4. The Morgan fingerprint density at radius 2 is 1.49 bits per heavy atom. The highest BCUT2D eigenvalue weighted by atomic mass is 19.4. The van der Waals surface area contributed by atoms with Crippen LogP contribution in [0.4, 0.5) is 13.2 Å². The summed E-state index contributed by atoms with van der Waals surface area (Å²) in [6.07, 6.45) is -4.48. The van der Waals surface area contributed by atoms with Crippen molar-refractivity contribution in [1.82, 2.24) is 20.0 Å². The minimum atomic E-state index is -5.21. The SMILES string of the molecule is CC(C)C[C@@](C)(C(=O)N(C)C(C(=O)N[C@@H](CC(=O)O)C(=O)N1CCCC1)C(C)C)N(C)C(=O)C(F)(F)F. The number of hydrogen-bond donors (Lipinski definition) is 2. The van der Waals surface area contributed by atoms with Crippen molar-refractivity contribution in [1.29, 1.82) is 0 Å². The van der Waals surface area contributed by atoms with E-state index in [1.165, 1.54) is 18.9 Å². The van der Waals surface area contributed by atoms with E-state index < -0.39 is 65.7 Å². The van der Waals surface area contributed by atoms with E-state index in [4.69, 9.17) is 0 Å². The Morgan fingerprint density at radius 1 is 0.973 bits per heavy atom. The van der Waals surface area contributed by atoms with Crippen LogP contribution in [0.3, 0.4) is 0 Å². The summed E-state index contributed by atoms with van der Waals surface area (Å²) < 4.78 is 39.7.